The van der Waals surface area contributed by atoms with E-state index in [1.807, 2.05) is 18.2 Å². The molecule has 41 heavy (non-hydrogen) atoms. The summed E-state index contributed by atoms with van der Waals surface area (Å²) in [6.45, 7) is 0. The maximum Gasteiger partial charge on any atom is 0.0991 e. The van der Waals surface area contributed by atoms with Crippen LogP contribution < -0.4 is 4.90 Å². The summed E-state index contributed by atoms with van der Waals surface area (Å²) in [5.74, 6) is 0. The number of para-hydroxylation sites is 2. The van der Waals surface area contributed by atoms with Crippen molar-refractivity contribution in [3.05, 3.63) is 172 Å². The Kier molecular flexibility index (Phi) is 5.19. The summed E-state index contributed by atoms with van der Waals surface area (Å²) in [4.78, 5) is 2.31. The highest BCUT2D eigenvalue weighted by atomic mass is 35.5. The molecule has 6 aromatic carbocycles. The summed E-state index contributed by atoms with van der Waals surface area (Å²) < 4.78 is 0. The maximum absolute atomic E-state index is 10.0. The molecule has 0 saturated carbocycles. The van der Waals surface area contributed by atoms with Gasteiger partial charge >= 0.3 is 0 Å². The van der Waals surface area contributed by atoms with Gasteiger partial charge < -0.3 is 4.90 Å². The van der Waals surface area contributed by atoms with Crippen LogP contribution in [-0.4, -0.2) is 0 Å². The highest BCUT2D eigenvalue weighted by Gasteiger charge is 2.53. The van der Waals surface area contributed by atoms with E-state index in [2.05, 4.69) is 132 Å². The zero-order chi connectivity index (χ0) is 27.6. The molecule has 1 atom stereocenters. The highest BCUT2D eigenvalue weighted by Crippen LogP contribution is 2.65. The minimum Gasteiger partial charge on any atom is -0.310 e. The standard InChI is InChI=1S/C38H23ClN2/c39-26-22-32-30-16-8-10-18-34(30)38(33-17-9-7-15-29(33)31-20-19-25(24-40)21-35(31)38)37(32)36(23-26)41(27-11-3-1-4-12-27)28-13-5-2-6-14-28/h1-23H. The molecule has 0 bridgehead atoms. The van der Waals surface area contributed by atoms with E-state index in [1.165, 1.54) is 22.3 Å². The van der Waals surface area contributed by atoms with Crippen molar-refractivity contribution in [2.75, 3.05) is 4.90 Å². The molecule has 0 radical (unpaired) electrons. The number of hydrogen-bond donors (Lipinski definition) is 0. The number of benzene rings is 6. The fraction of sp³-hybridized carbons (Fsp3) is 0.0263. The van der Waals surface area contributed by atoms with Crippen LogP contribution in [0.3, 0.4) is 0 Å². The SMILES string of the molecule is N#Cc1ccc2c(c1)C1(c3ccccc3-2)c2ccccc2-c2cc(Cl)cc(N(c3ccccc3)c3ccccc3)c21. The molecule has 6 aromatic rings. The zero-order valence-corrected chi connectivity index (χ0v) is 22.8. The average Bonchev–Trinajstić information content (AvgIpc) is 3.49. The number of hydrogen-bond acceptors (Lipinski definition) is 2. The number of rotatable bonds is 3. The third-order valence-corrected chi connectivity index (χ3v) is 8.74. The van der Waals surface area contributed by atoms with Crippen molar-refractivity contribution >= 4 is 28.7 Å². The minimum absolute atomic E-state index is 0.619. The van der Waals surface area contributed by atoms with Crippen LogP contribution in [0, 0.1) is 11.3 Å². The lowest BCUT2D eigenvalue weighted by Crippen LogP contribution is -2.28. The summed E-state index contributed by atoms with van der Waals surface area (Å²) in [5, 5.41) is 10.7. The van der Waals surface area contributed by atoms with Crippen molar-refractivity contribution in [1.82, 2.24) is 0 Å². The second kappa shape index (κ2) is 8.96. The molecule has 2 aliphatic carbocycles. The summed E-state index contributed by atoms with van der Waals surface area (Å²) in [5.41, 5.74) is 12.5. The van der Waals surface area contributed by atoms with Crippen LogP contribution in [0.25, 0.3) is 22.3 Å². The van der Waals surface area contributed by atoms with E-state index < -0.39 is 5.41 Å². The first-order chi connectivity index (χ1) is 20.2. The number of halogens is 1. The molecule has 0 amide bonds. The Morgan fingerprint density at radius 1 is 0.537 bits per heavy atom. The number of nitriles is 1. The van der Waals surface area contributed by atoms with Gasteiger partial charge in [0.15, 0.2) is 0 Å². The second-order valence-corrected chi connectivity index (χ2v) is 11.0. The van der Waals surface area contributed by atoms with Gasteiger partial charge in [0.05, 0.1) is 22.7 Å². The van der Waals surface area contributed by atoms with Crippen molar-refractivity contribution in [2.45, 2.75) is 5.41 Å². The molecule has 8 rings (SSSR count). The Balaban J connectivity index is 1.57. The van der Waals surface area contributed by atoms with Crippen LogP contribution in [0.2, 0.25) is 5.02 Å². The Morgan fingerprint density at radius 2 is 1.07 bits per heavy atom. The van der Waals surface area contributed by atoms with Gasteiger partial charge in [0.1, 0.15) is 0 Å². The topological polar surface area (TPSA) is 27.0 Å². The summed E-state index contributed by atoms with van der Waals surface area (Å²) in [6, 6.07) is 51.0. The van der Waals surface area contributed by atoms with Crippen molar-refractivity contribution in [1.29, 1.82) is 5.26 Å². The smallest absolute Gasteiger partial charge is 0.0991 e. The molecule has 0 aromatic heterocycles. The summed E-state index contributed by atoms with van der Waals surface area (Å²) in [6.07, 6.45) is 0. The Labute approximate surface area is 244 Å². The Hall–Kier alpha value is -5.10. The Bertz CT molecular complexity index is 1980. The van der Waals surface area contributed by atoms with Gasteiger partial charge in [-0.25, -0.2) is 0 Å². The number of anilines is 3. The first-order valence-electron chi connectivity index (χ1n) is 13.7. The predicted octanol–water partition coefficient (Wildman–Crippen LogP) is 10.0. The van der Waals surface area contributed by atoms with E-state index in [-0.39, 0.29) is 0 Å². The van der Waals surface area contributed by atoms with E-state index in [1.54, 1.807) is 0 Å². The van der Waals surface area contributed by atoms with Gasteiger partial charge in [-0.2, -0.15) is 5.26 Å². The van der Waals surface area contributed by atoms with Gasteiger partial charge in [-0.05, 0) is 87.5 Å². The lowest BCUT2D eigenvalue weighted by atomic mass is 9.69. The molecule has 1 spiro atoms. The molecule has 3 heteroatoms. The van der Waals surface area contributed by atoms with Crippen molar-refractivity contribution < 1.29 is 0 Å². The molecule has 192 valence electrons. The molecule has 0 fully saturated rings. The normalized spacial score (nSPS) is 15.5. The van der Waals surface area contributed by atoms with Crippen LogP contribution in [0.15, 0.2) is 140 Å². The fourth-order valence-corrected chi connectivity index (χ4v) is 7.26. The van der Waals surface area contributed by atoms with Crippen LogP contribution in [0.5, 0.6) is 0 Å². The van der Waals surface area contributed by atoms with E-state index >= 15 is 0 Å². The average molecular weight is 543 g/mol. The quantitative estimate of drug-likeness (QED) is 0.222. The van der Waals surface area contributed by atoms with Crippen LogP contribution in [0.4, 0.5) is 17.1 Å². The number of fused-ring (bicyclic) bond motifs is 10. The molecule has 2 nitrogen and oxygen atoms in total. The van der Waals surface area contributed by atoms with Gasteiger partial charge in [-0.15, -0.1) is 0 Å². The monoisotopic (exact) mass is 542 g/mol. The van der Waals surface area contributed by atoms with Crippen molar-refractivity contribution in [3.63, 3.8) is 0 Å². The molecule has 0 N–H and O–H groups in total. The predicted molar refractivity (Wildman–Crippen MR) is 167 cm³/mol. The van der Waals surface area contributed by atoms with Gasteiger partial charge in [-0.1, -0.05) is 103 Å². The third kappa shape index (κ3) is 3.24. The first kappa shape index (κ1) is 23.8. The highest BCUT2D eigenvalue weighted by molar-refractivity contribution is 6.31. The molecule has 1 unspecified atom stereocenters. The zero-order valence-electron chi connectivity index (χ0n) is 22.1. The van der Waals surface area contributed by atoms with Crippen LogP contribution >= 0.6 is 11.6 Å². The molecule has 0 aliphatic heterocycles. The second-order valence-electron chi connectivity index (χ2n) is 10.6. The largest absolute Gasteiger partial charge is 0.310 e. The molecular weight excluding hydrogens is 520 g/mol. The van der Waals surface area contributed by atoms with Crippen LogP contribution in [0.1, 0.15) is 27.8 Å². The van der Waals surface area contributed by atoms with E-state index in [0.29, 0.717) is 10.6 Å². The van der Waals surface area contributed by atoms with Gasteiger partial charge in [0.25, 0.3) is 0 Å². The fourth-order valence-electron chi connectivity index (χ4n) is 7.04. The molecule has 0 saturated heterocycles. The molecule has 0 heterocycles. The molecule has 2 aliphatic rings. The van der Waals surface area contributed by atoms with E-state index in [4.69, 9.17) is 11.6 Å². The van der Waals surface area contributed by atoms with E-state index in [0.717, 1.165) is 39.3 Å². The van der Waals surface area contributed by atoms with Crippen molar-refractivity contribution in [3.8, 4) is 28.3 Å². The van der Waals surface area contributed by atoms with Crippen LogP contribution in [-0.2, 0) is 5.41 Å². The number of nitrogens with zero attached hydrogens (tertiary/aromatic N) is 2. The molecular formula is C38H23ClN2. The van der Waals surface area contributed by atoms with Crippen molar-refractivity contribution in [2.24, 2.45) is 0 Å². The van der Waals surface area contributed by atoms with Gasteiger partial charge in [0.2, 0.25) is 0 Å². The maximum atomic E-state index is 10.0. The lowest BCUT2D eigenvalue weighted by Gasteiger charge is -2.36. The van der Waals surface area contributed by atoms with E-state index in [9.17, 15) is 5.26 Å². The van der Waals surface area contributed by atoms with Gasteiger partial charge in [0, 0.05) is 22.0 Å². The summed E-state index contributed by atoms with van der Waals surface area (Å²) in [7, 11) is 0. The Morgan fingerprint density at radius 3 is 1.68 bits per heavy atom. The minimum atomic E-state index is -0.619. The summed E-state index contributed by atoms with van der Waals surface area (Å²) >= 11 is 6.99. The third-order valence-electron chi connectivity index (χ3n) is 8.52. The van der Waals surface area contributed by atoms with Gasteiger partial charge in [-0.3, -0.25) is 0 Å². The lowest BCUT2D eigenvalue weighted by molar-refractivity contribution is 0.792. The first-order valence-corrected chi connectivity index (χ1v) is 14.1.